The summed E-state index contributed by atoms with van der Waals surface area (Å²) in [5, 5.41) is 11.3. The molecule has 1 N–H and O–H groups in total. The maximum absolute atomic E-state index is 13.3. The van der Waals surface area contributed by atoms with Gasteiger partial charge < -0.3 is 29.1 Å². The smallest absolute Gasteiger partial charge is 0.410 e. The molecule has 8 nitrogen and oxygen atoms in total. The van der Waals surface area contributed by atoms with Crippen LogP contribution in [0.3, 0.4) is 0 Å². The highest BCUT2D eigenvalue weighted by atomic mass is 16.6. The number of carbonyl (C=O) groups excluding carboxylic acids is 2. The number of carbonyl (C=O) groups is 2. The number of aliphatic hydroxyl groups is 1. The number of rotatable bonds is 15. The van der Waals surface area contributed by atoms with E-state index in [1.165, 1.54) is 43.5 Å². The van der Waals surface area contributed by atoms with E-state index in [4.69, 9.17) is 14.2 Å². The number of hydrogen-bond donors (Lipinski definition) is 1. The zero-order valence-corrected chi connectivity index (χ0v) is 28.6. The zero-order chi connectivity index (χ0) is 32.3. The van der Waals surface area contributed by atoms with Crippen LogP contribution in [0.4, 0.5) is 4.79 Å². The molecule has 2 aliphatic heterocycles. The van der Waals surface area contributed by atoms with Gasteiger partial charge in [0.1, 0.15) is 11.9 Å². The van der Waals surface area contributed by atoms with Crippen molar-refractivity contribution in [3.63, 3.8) is 0 Å². The van der Waals surface area contributed by atoms with Gasteiger partial charge >= 0.3 is 12.1 Å². The van der Waals surface area contributed by atoms with Crippen LogP contribution in [0.5, 0.6) is 5.75 Å². The Morgan fingerprint density at radius 2 is 1.74 bits per heavy atom. The molecule has 1 amide bonds. The van der Waals surface area contributed by atoms with Crippen LogP contribution >= 0.6 is 0 Å². The Morgan fingerprint density at radius 1 is 0.957 bits per heavy atom. The first-order valence-electron chi connectivity index (χ1n) is 18.7. The van der Waals surface area contributed by atoms with Gasteiger partial charge in [0.15, 0.2) is 6.61 Å². The van der Waals surface area contributed by atoms with E-state index in [0.29, 0.717) is 24.5 Å². The van der Waals surface area contributed by atoms with Crippen LogP contribution in [-0.2, 0) is 27.1 Å². The average molecular weight is 641 g/mol. The first kappa shape index (κ1) is 35.0. The van der Waals surface area contributed by atoms with E-state index in [1.54, 1.807) is 0 Å². The lowest BCUT2D eigenvalue weighted by Crippen LogP contribution is -2.48. The summed E-state index contributed by atoms with van der Waals surface area (Å²) in [5.74, 6) is 1.42. The van der Waals surface area contributed by atoms with Crippen LogP contribution in [0.25, 0.3) is 0 Å². The van der Waals surface area contributed by atoms with Gasteiger partial charge in [0.25, 0.3) is 0 Å². The van der Waals surface area contributed by atoms with Gasteiger partial charge in [0.2, 0.25) is 0 Å². The number of amides is 1. The first-order valence-corrected chi connectivity index (χ1v) is 18.7. The lowest BCUT2D eigenvalue weighted by Gasteiger charge is -2.40. The summed E-state index contributed by atoms with van der Waals surface area (Å²) in [6.07, 6.45) is 15.8. The molecule has 0 spiro atoms. The van der Waals surface area contributed by atoms with Gasteiger partial charge in [-0.05, 0) is 125 Å². The third-order valence-electron chi connectivity index (χ3n) is 11.3. The summed E-state index contributed by atoms with van der Waals surface area (Å²) in [5.41, 5.74) is 2.43. The van der Waals surface area contributed by atoms with Crippen molar-refractivity contribution in [2.24, 2.45) is 17.8 Å². The van der Waals surface area contributed by atoms with Crippen molar-refractivity contribution >= 4 is 12.1 Å². The van der Waals surface area contributed by atoms with E-state index >= 15 is 0 Å². The minimum absolute atomic E-state index is 0.0753. The number of benzene rings is 1. The second-order valence-electron chi connectivity index (χ2n) is 14.4. The molecule has 2 saturated heterocycles. The fraction of sp³-hybridized carbons (Fsp3) is 0.789. The Morgan fingerprint density at radius 3 is 2.50 bits per heavy atom. The van der Waals surface area contributed by atoms with Crippen molar-refractivity contribution < 1.29 is 28.9 Å². The Bertz CT molecular complexity index is 1100. The monoisotopic (exact) mass is 640 g/mol. The van der Waals surface area contributed by atoms with Gasteiger partial charge in [0.05, 0.1) is 12.7 Å². The van der Waals surface area contributed by atoms with Gasteiger partial charge in [-0.25, -0.2) is 9.59 Å². The number of piperidine rings is 2. The minimum atomic E-state index is -0.344. The van der Waals surface area contributed by atoms with Crippen molar-refractivity contribution in [2.75, 3.05) is 39.4 Å². The number of likely N-dealkylation sites (tertiary alicyclic amines) is 2. The lowest BCUT2D eigenvalue weighted by molar-refractivity contribution is -0.146. The zero-order valence-electron chi connectivity index (χ0n) is 28.6. The summed E-state index contributed by atoms with van der Waals surface area (Å²) < 4.78 is 17.5. The summed E-state index contributed by atoms with van der Waals surface area (Å²) in [7, 11) is 0. The highest BCUT2D eigenvalue weighted by Gasteiger charge is 2.45. The normalized spacial score (nSPS) is 25.8. The molecule has 1 aromatic carbocycles. The lowest BCUT2D eigenvalue weighted by atomic mass is 9.73. The molecule has 0 bridgehead atoms. The summed E-state index contributed by atoms with van der Waals surface area (Å²) in [6.45, 7) is 8.63. The van der Waals surface area contributed by atoms with Crippen LogP contribution in [0.15, 0.2) is 18.2 Å². The van der Waals surface area contributed by atoms with Crippen molar-refractivity contribution in [1.82, 2.24) is 9.80 Å². The molecular formula is C38H60N2O6. The Labute approximate surface area is 277 Å². The van der Waals surface area contributed by atoms with Gasteiger partial charge in [0, 0.05) is 19.1 Å². The van der Waals surface area contributed by atoms with Gasteiger partial charge in [-0.2, -0.15) is 0 Å². The van der Waals surface area contributed by atoms with Crippen LogP contribution in [0.1, 0.15) is 115 Å². The van der Waals surface area contributed by atoms with Gasteiger partial charge in [-0.15, -0.1) is 0 Å². The molecule has 0 radical (unpaired) electrons. The maximum Gasteiger partial charge on any atom is 0.410 e. The molecule has 3 fully saturated rings. The number of nitrogens with zero attached hydrogens (tertiary/aromatic N) is 2. The van der Waals surface area contributed by atoms with Crippen molar-refractivity contribution in [1.29, 1.82) is 0 Å². The molecule has 1 aromatic rings. The number of ether oxygens (including phenoxy) is 3. The van der Waals surface area contributed by atoms with E-state index in [-0.39, 0.29) is 36.8 Å². The van der Waals surface area contributed by atoms with Crippen LogP contribution < -0.4 is 4.74 Å². The fourth-order valence-electron chi connectivity index (χ4n) is 8.62. The Hall–Kier alpha value is -2.32. The van der Waals surface area contributed by atoms with E-state index in [0.717, 1.165) is 102 Å². The molecule has 5 atom stereocenters. The van der Waals surface area contributed by atoms with Crippen molar-refractivity contribution in [2.45, 2.75) is 135 Å². The number of aliphatic hydroxyl groups excluding tert-OH is 1. The maximum atomic E-state index is 13.3. The molecule has 8 heteroatoms. The summed E-state index contributed by atoms with van der Waals surface area (Å²) in [6, 6.07) is 6.74. The summed E-state index contributed by atoms with van der Waals surface area (Å²) >= 11 is 0. The minimum Gasteiger partial charge on any atom is -0.482 e. The third kappa shape index (κ3) is 9.40. The molecule has 4 aliphatic rings. The molecule has 0 aromatic heterocycles. The SMILES string of the molecule is CCCCC[C@@H](CC[C@@H]1[C@H]2Cc3cccc(OCC(=O)OCCCC)c3C[C@H]2C[C@H]1O)OC(=O)N1CCC(N2CCCCC2)CC1. The molecule has 46 heavy (non-hydrogen) atoms. The second-order valence-corrected chi connectivity index (χ2v) is 14.4. The number of fused-ring (bicyclic) bond motifs is 2. The predicted molar refractivity (Wildman–Crippen MR) is 180 cm³/mol. The first-order chi connectivity index (χ1) is 22.5. The van der Waals surface area contributed by atoms with E-state index in [9.17, 15) is 14.7 Å². The van der Waals surface area contributed by atoms with E-state index < -0.39 is 0 Å². The van der Waals surface area contributed by atoms with Crippen molar-refractivity contribution in [3.05, 3.63) is 29.3 Å². The topological polar surface area (TPSA) is 88.5 Å². The number of unbranched alkanes of at least 4 members (excludes halogenated alkanes) is 3. The standard InChI is InChI=1S/C38H60N2O6/c1-3-5-8-13-31(46-38(43)40-21-17-30(18-22-40)39-19-9-7-10-20-39)15-16-32-33-24-28-12-11-14-36(34(28)25-29(33)26-35(32)41)45-27-37(42)44-23-6-4-2/h11-12,14,29-33,35,41H,3-10,13,15-27H2,1-2H3/t29-,31-,32+,33-,35+/m0/s1. The van der Waals surface area contributed by atoms with Gasteiger partial charge in [-0.3, -0.25) is 0 Å². The van der Waals surface area contributed by atoms with Crippen LogP contribution in [-0.4, -0.2) is 84.6 Å². The van der Waals surface area contributed by atoms with Crippen LogP contribution in [0.2, 0.25) is 0 Å². The number of esters is 1. The predicted octanol–water partition coefficient (Wildman–Crippen LogP) is 6.94. The molecule has 5 rings (SSSR count). The van der Waals surface area contributed by atoms with Gasteiger partial charge in [-0.1, -0.05) is 51.7 Å². The highest BCUT2D eigenvalue weighted by Crippen LogP contribution is 2.48. The average Bonchev–Trinajstić information content (AvgIpc) is 3.39. The Balaban J connectivity index is 1.14. The largest absolute Gasteiger partial charge is 0.482 e. The van der Waals surface area contributed by atoms with E-state index in [1.807, 2.05) is 17.0 Å². The molecule has 1 saturated carbocycles. The molecule has 2 aliphatic carbocycles. The quantitative estimate of drug-likeness (QED) is 0.164. The van der Waals surface area contributed by atoms with E-state index in [2.05, 4.69) is 24.8 Å². The summed E-state index contributed by atoms with van der Waals surface area (Å²) in [4.78, 5) is 30.1. The Kier molecular flexibility index (Phi) is 13.5. The second kappa shape index (κ2) is 17.7. The molecule has 258 valence electrons. The molecule has 0 unspecified atom stereocenters. The van der Waals surface area contributed by atoms with Crippen LogP contribution in [0, 0.1) is 17.8 Å². The molecular weight excluding hydrogens is 580 g/mol. The molecule has 2 heterocycles. The number of hydrogen-bond acceptors (Lipinski definition) is 7. The third-order valence-corrected chi connectivity index (χ3v) is 11.3. The van der Waals surface area contributed by atoms with Crippen molar-refractivity contribution in [3.8, 4) is 5.75 Å². The highest BCUT2D eigenvalue weighted by molar-refractivity contribution is 5.71. The fourth-order valence-corrected chi connectivity index (χ4v) is 8.62.